The Morgan fingerprint density at radius 1 is 0.857 bits per heavy atom. The number of hydrogen-bond acceptors (Lipinski definition) is 5. The van der Waals surface area contributed by atoms with Gasteiger partial charge in [0.15, 0.2) is 5.78 Å². The molecule has 7 nitrogen and oxygen atoms in total. The van der Waals surface area contributed by atoms with Gasteiger partial charge in [-0.15, -0.1) is 0 Å². The molecule has 3 N–H and O–H groups in total. The maximum absolute atomic E-state index is 13.4. The first-order valence-electron chi connectivity index (χ1n) is 13.5. The zero-order valence-electron chi connectivity index (χ0n) is 22.7. The Morgan fingerprint density at radius 3 is 2.00 bits per heavy atom. The highest BCUT2D eigenvalue weighted by molar-refractivity contribution is 7.85. The summed E-state index contributed by atoms with van der Waals surface area (Å²) in [6.07, 6.45) is 1.25. The fourth-order valence-electron chi connectivity index (χ4n) is 4.74. The van der Waals surface area contributed by atoms with Gasteiger partial charge < -0.3 is 10.6 Å². The molecule has 0 spiro atoms. The number of halogens is 3. The molecule has 0 aliphatic heterocycles. The number of carbonyl (C=O) groups is 2. The second-order valence-corrected chi connectivity index (χ2v) is 11.7. The number of nitrogens with one attached hydrogen (secondary N) is 2. The van der Waals surface area contributed by atoms with E-state index in [1.54, 1.807) is 48.5 Å². The van der Waals surface area contributed by atoms with E-state index in [-0.39, 0.29) is 24.5 Å². The van der Waals surface area contributed by atoms with Gasteiger partial charge in [0.1, 0.15) is 6.04 Å². The molecule has 11 heteroatoms. The van der Waals surface area contributed by atoms with Crippen LogP contribution in [0.5, 0.6) is 0 Å². The number of allylic oxidation sites excluding steroid dienone is 1. The summed E-state index contributed by atoms with van der Waals surface area (Å²) in [7, 11) is -4.12. The Morgan fingerprint density at radius 2 is 1.45 bits per heavy atom. The minimum atomic E-state index is -4.40. The third kappa shape index (κ3) is 8.77. The average molecular weight is 601 g/mol. The van der Waals surface area contributed by atoms with Crippen molar-refractivity contribution in [3.05, 3.63) is 95.6 Å². The molecule has 0 heterocycles. The highest BCUT2D eigenvalue weighted by atomic mass is 32.2. The van der Waals surface area contributed by atoms with Crippen molar-refractivity contribution in [3.8, 4) is 11.1 Å². The summed E-state index contributed by atoms with van der Waals surface area (Å²) in [5.74, 6) is -1.02. The Labute approximate surface area is 242 Å². The predicted molar refractivity (Wildman–Crippen MR) is 156 cm³/mol. The maximum atomic E-state index is 13.4. The molecule has 1 amide bonds. The van der Waals surface area contributed by atoms with Gasteiger partial charge in [-0.2, -0.15) is 21.6 Å². The molecule has 1 aliphatic rings. The minimum Gasteiger partial charge on any atom is -0.370 e. The Kier molecular flexibility index (Phi) is 9.85. The van der Waals surface area contributed by atoms with Crippen LogP contribution in [0.1, 0.15) is 54.4 Å². The lowest BCUT2D eigenvalue weighted by Crippen LogP contribution is -2.37. The summed E-state index contributed by atoms with van der Waals surface area (Å²) in [5, 5.41) is 6.17. The van der Waals surface area contributed by atoms with Crippen molar-refractivity contribution in [2.45, 2.75) is 50.7 Å². The molecular formula is C31H31F3N2O5S. The highest BCUT2D eigenvalue weighted by Crippen LogP contribution is 2.31. The van der Waals surface area contributed by atoms with E-state index in [1.807, 2.05) is 0 Å². The van der Waals surface area contributed by atoms with Gasteiger partial charge in [-0.05, 0) is 97.3 Å². The van der Waals surface area contributed by atoms with E-state index in [9.17, 15) is 31.2 Å². The van der Waals surface area contributed by atoms with E-state index in [2.05, 4.69) is 16.7 Å². The molecule has 1 unspecified atom stereocenters. The molecule has 0 aromatic heterocycles. The van der Waals surface area contributed by atoms with E-state index < -0.39 is 33.7 Å². The summed E-state index contributed by atoms with van der Waals surface area (Å²) in [4.78, 5) is 25.8. The Bertz CT molecular complexity index is 1530. The van der Waals surface area contributed by atoms with Crippen LogP contribution in [0.15, 0.2) is 84.4 Å². The van der Waals surface area contributed by atoms with Crippen molar-refractivity contribution < 1.29 is 35.7 Å². The normalized spacial score (nSPS) is 14.5. The molecule has 42 heavy (non-hydrogen) atoms. The molecule has 3 aromatic rings. The van der Waals surface area contributed by atoms with Crippen LogP contribution in [0.3, 0.4) is 0 Å². The van der Waals surface area contributed by atoms with E-state index >= 15 is 0 Å². The number of carbonyl (C=O) groups excluding carboxylic acids is 2. The topological polar surface area (TPSA) is 113 Å². The van der Waals surface area contributed by atoms with Crippen LogP contribution >= 0.6 is 0 Å². The number of benzene rings is 3. The third-order valence-corrected chi connectivity index (χ3v) is 7.79. The van der Waals surface area contributed by atoms with Crippen LogP contribution in [0, 0.1) is 0 Å². The fourth-order valence-corrected chi connectivity index (χ4v) is 5.25. The molecule has 1 atom stereocenters. The lowest BCUT2D eigenvalue weighted by atomic mass is 9.93. The first kappa shape index (κ1) is 31.0. The van der Waals surface area contributed by atoms with E-state index in [1.165, 1.54) is 12.1 Å². The number of ketones is 1. The van der Waals surface area contributed by atoms with Gasteiger partial charge in [0.05, 0.1) is 11.3 Å². The molecule has 0 fully saturated rings. The zero-order valence-corrected chi connectivity index (χ0v) is 23.5. The van der Waals surface area contributed by atoms with Crippen molar-refractivity contribution in [1.29, 1.82) is 0 Å². The number of amides is 1. The second-order valence-electron chi connectivity index (χ2n) is 10.1. The summed E-state index contributed by atoms with van der Waals surface area (Å²) < 4.78 is 69.2. The average Bonchev–Trinajstić information content (AvgIpc) is 2.96. The molecule has 0 radical (unpaired) electrons. The first-order chi connectivity index (χ1) is 19.9. The summed E-state index contributed by atoms with van der Waals surface area (Å²) in [6, 6.07) is 17.6. The van der Waals surface area contributed by atoms with Gasteiger partial charge in [0.25, 0.3) is 16.0 Å². The van der Waals surface area contributed by atoms with Crippen LogP contribution in [-0.2, 0) is 21.1 Å². The monoisotopic (exact) mass is 600 g/mol. The second kappa shape index (κ2) is 13.3. The van der Waals surface area contributed by atoms with E-state index in [0.717, 1.165) is 43.4 Å². The Hall–Kier alpha value is -3.96. The van der Waals surface area contributed by atoms with Crippen LogP contribution in [0.25, 0.3) is 11.1 Å². The molecule has 222 valence electrons. The lowest BCUT2D eigenvalue weighted by Gasteiger charge is -2.25. The minimum absolute atomic E-state index is 0.0133. The van der Waals surface area contributed by atoms with Crippen LogP contribution in [0.4, 0.5) is 24.5 Å². The van der Waals surface area contributed by atoms with E-state index in [4.69, 9.17) is 4.55 Å². The molecule has 0 bridgehead atoms. The van der Waals surface area contributed by atoms with Crippen LogP contribution in [0.2, 0.25) is 0 Å². The zero-order chi connectivity index (χ0) is 30.3. The van der Waals surface area contributed by atoms with Crippen molar-refractivity contribution in [2.75, 3.05) is 16.4 Å². The molecule has 3 aromatic carbocycles. The van der Waals surface area contributed by atoms with Crippen LogP contribution in [-0.4, -0.2) is 36.5 Å². The number of rotatable bonds is 11. The molecule has 1 aliphatic carbocycles. The first-order valence-corrected chi connectivity index (χ1v) is 15.1. The maximum Gasteiger partial charge on any atom is 0.416 e. The van der Waals surface area contributed by atoms with Gasteiger partial charge in [-0.3, -0.25) is 14.1 Å². The van der Waals surface area contributed by atoms with Crippen LogP contribution < -0.4 is 10.6 Å². The van der Waals surface area contributed by atoms with Crippen molar-refractivity contribution in [3.63, 3.8) is 0 Å². The number of hydrogen-bond donors (Lipinski definition) is 3. The van der Waals surface area contributed by atoms with Gasteiger partial charge in [-0.25, -0.2) is 0 Å². The standard InChI is InChI=1S/C31H31F3N2O5S/c32-31(33,34)25-14-8-21(9-15-25)22-10-16-27(17-11-22)36-30(38)29(24-5-2-1-3-6-24)35-26-18-12-23(13-19-26)28(37)7-4-20-42(39,40)41/h5,8-19,29,35H,1-4,6-7,20H2,(H,36,38)(H,39,40,41). The number of anilines is 2. The van der Waals surface area contributed by atoms with Gasteiger partial charge in [0, 0.05) is 23.4 Å². The summed E-state index contributed by atoms with van der Waals surface area (Å²) in [6.45, 7) is 0. The predicted octanol–water partition coefficient (Wildman–Crippen LogP) is 7.14. The van der Waals surface area contributed by atoms with Gasteiger partial charge in [-0.1, -0.05) is 30.3 Å². The number of alkyl halides is 3. The SMILES string of the molecule is O=C(CCCS(=O)(=O)O)c1ccc(NC(C(=O)Nc2ccc(-c3ccc(C(F)(F)F)cc3)cc2)C2=CCCCC2)cc1. The van der Waals surface area contributed by atoms with Crippen molar-refractivity contribution >= 4 is 33.2 Å². The molecule has 0 saturated carbocycles. The highest BCUT2D eigenvalue weighted by Gasteiger charge is 2.30. The van der Waals surface area contributed by atoms with E-state index in [0.29, 0.717) is 28.1 Å². The summed E-state index contributed by atoms with van der Waals surface area (Å²) >= 11 is 0. The number of Topliss-reactive ketones (excluding diaryl/α,β-unsaturated/α-hetero) is 1. The van der Waals surface area contributed by atoms with Crippen molar-refractivity contribution in [2.24, 2.45) is 0 Å². The quantitative estimate of drug-likeness (QED) is 0.123. The largest absolute Gasteiger partial charge is 0.416 e. The summed E-state index contributed by atoms with van der Waals surface area (Å²) in [5.41, 5.74) is 3.10. The molecular weight excluding hydrogens is 569 g/mol. The molecule has 0 saturated heterocycles. The van der Waals surface area contributed by atoms with Gasteiger partial charge in [0.2, 0.25) is 0 Å². The molecule has 4 rings (SSSR count). The van der Waals surface area contributed by atoms with Gasteiger partial charge >= 0.3 is 6.18 Å². The third-order valence-electron chi connectivity index (χ3n) is 6.98. The van der Waals surface area contributed by atoms with Crippen molar-refractivity contribution in [1.82, 2.24) is 0 Å². The smallest absolute Gasteiger partial charge is 0.370 e. The fraction of sp³-hybridized carbons (Fsp3) is 0.290. The Balaban J connectivity index is 1.43. The lowest BCUT2D eigenvalue weighted by molar-refractivity contribution is -0.137.